The van der Waals surface area contributed by atoms with Gasteiger partial charge in [-0.3, -0.25) is 13.9 Å². The topological polar surface area (TPSA) is 92.2 Å². The van der Waals surface area contributed by atoms with Gasteiger partial charge in [0.15, 0.2) is 0 Å². The Labute approximate surface area is 178 Å². The first-order chi connectivity index (χ1) is 15.0. The molecule has 0 bridgehead atoms. The van der Waals surface area contributed by atoms with Gasteiger partial charge in [-0.25, -0.2) is 4.79 Å². The fraction of sp³-hybridized carbons (Fsp3) is 0.304. The molecule has 0 saturated heterocycles. The van der Waals surface area contributed by atoms with Crippen LogP contribution in [-0.2, 0) is 6.54 Å². The number of nitrogens with zero attached hydrogens (tertiary/aromatic N) is 4. The number of ether oxygens (including phenoxy) is 1. The van der Waals surface area contributed by atoms with E-state index in [2.05, 4.69) is 10.1 Å². The summed E-state index contributed by atoms with van der Waals surface area (Å²) in [6.07, 6.45) is 0.663. The highest BCUT2D eigenvalue weighted by Crippen LogP contribution is 2.20. The van der Waals surface area contributed by atoms with Crippen molar-refractivity contribution in [1.82, 2.24) is 19.3 Å². The second-order valence-electron chi connectivity index (χ2n) is 7.29. The molecule has 0 aliphatic carbocycles. The Kier molecular flexibility index (Phi) is 5.70. The first-order valence-corrected chi connectivity index (χ1v) is 10.3. The van der Waals surface area contributed by atoms with Gasteiger partial charge >= 0.3 is 5.69 Å². The monoisotopic (exact) mass is 420 g/mol. The van der Waals surface area contributed by atoms with Crippen LogP contribution in [0.4, 0.5) is 0 Å². The average Bonchev–Trinajstić information content (AvgIpc) is 3.26. The van der Waals surface area contributed by atoms with E-state index in [9.17, 15) is 9.59 Å². The molecule has 0 aliphatic rings. The molecule has 4 aromatic rings. The molecule has 0 saturated carbocycles. The number of aromatic nitrogens is 4. The van der Waals surface area contributed by atoms with Gasteiger partial charge in [0, 0.05) is 11.6 Å². The molecule has 4 rings (SSSR count). The Hall–Kier alpha value is -3.68. The smallest absolute Gasteiger partial charge is 0.332 e. The first kappa shape index (κ1) is 20.6. The Balaban J connectivity index is 1.74. The van der Waals surface area contributed by atoms with Gasteiger partial charge in [-0.2, -0.15) is 4.98 Å². The van der Waals surface area contributed by atoms with Crippen LogP contribution in [0.1, 0.15) is 39.1 Å². The number of fused-ring (bicyclic) bond motifs is 1. The van der Waals surface area contributed by atoms with Gasteiger partial charge in [0.2, 0.25) is 11.7 Å². The predicted molar refractivity (Wildman–Crippen MR) is 117 cm³/mol. The fourth-order valence-electron chi connectivity index (χ4n) is 3.50. The van der Waals surface area contributed by atoms with Crippen LogP contribution in [0.3, 0.4) is 0 Å². The summed E-state index contributed by atoms with van der Waals surface area (Å²) in [5, 5.41) is 4.53. The minimum Gasteiger partial charge on any atom is -0.494 e. The number of rotatable bonds is 7. The lowest BCUT2D eigenvalue weighted by Crippen LogP contribution is -2.41. The van der Waals surface area contributed by atoms with Crippen molar-refractivity contribution in [3.8, 4) is 17.1 Å². The number of para-hydroxylation sites is 1. The molecule has 8 heteroatoms. The van der Waals surface area contributed by atoms with E-state index in [4.69, 9.17) is 9.26 Å². The van der Waals surface area contributed by atoms with Crippen molar-refractivity contribution in [2.75, 3.05) is 6.61 Å². The molecule has 8 nitrogen and oxygen atoms in total. The van der Waals surface area contributed by atoms with Crippen LogP contribution >= 0.6 is 0 Å². The van der Waals surface area contributed by atoms with Crippen molar-refractivity contribution in [2.24, 2.45) is 0 Å². The van der Waals surface area contributed by atoms with Crippen LogP contribution in [0.2, 0.25) is 0 Å². The maximum atomic E-state index is 13.2. The molecule has 160 valence electrons. The van der Waals surface area contributed by atoms with Gasteiger partial charge in [0.25, 0.3) is 5.56 Å². The van der Waals surface area contributed by atoms with Crippen molar-refractivity contribution in [2.45, 2.75) is 39.8 Å². The van der Waals surface area contributed by atoms with E-state index in [1.54, 1.807) is 24.3 Å². The van der Waals surface area contributed by atoms with Gasteiger partial charge < -0.3 is 9.26 Å². The van der Waals surface area contributed by atoms with Crippen molar-refractivity contribution in [1.29, 1.82) is 0 Å². The molecule has 0 amide bonds. The minimum absolute atomic E-state index is 0.0695. The van der Waals surface area contributed by atoms with Crippen molar-refractivity contribution in [3.63, 3.8) is 0 Å². The van der Waals surface area contributed by atoms with E-state index >= 15 is 0 Å². The van der Waals surface area contributed by atoms with E-state index in [1.807, 2.05) is 45.0 Å². The zero-order chi connectivity index (χ0) is 22.0. The Morgan fingerprint density at radius 2 is 1.81 bits per heavy atom. The molecule has 0 unspecified atom stereocenters. The molecule has 0 N–H and O–H groups in total. The van der Waals surface area contributed by atoms with Crippen molar-refractivity contribution < 1.29 is 9.26 Å². The van der Waals surface area contributed by atoms with E-state index in [0.717, 1.165) is 11.3 Å². The van der Waals surface area contributed by atoms with Gasteiger partial charge in [0.05, 0.1) is 17.5 Å². The molecule has 31 heavy (non-hydrogen) atoms. The van der Waals surface area contributed by atoms with Gasteiger partial charge in [-0.1, -0.05) is 24.2 Å². The Morgan fingerprint density at radius 1 is 1.06 bits per heavy atom. The van der Waals surface area contributed by atoms with Gasteiger partial charge in [-0.05, 0) is 56.7 Å². The van der Waals surface area contributed by atoms with Crippen LogP contribution in [0, 0.1) is 0 Å². The van der Waals surface area contributed by atoms with E-state index in [1.165, 1.54) is 9.13 Å². The molecular weight excluding hydrogens is 396 g/mol. The first-order valence-electron chi connectivity index (χ1n) is 10.3. The highest BCUT2D eigenvalue weighted by Gasteiger charge is 2.18. The molecule has 0 fully saturated rings. The Bertz CT molecular complexity index is 1320. The third kappa shape index (κ3) is 3.88. The standard InChI is InChI=1S/C23H24N4O4/c1-4-15(3)27-22(28)18-8-6-7-9-19(18)26(23(27)29)14-20-24-21(25-31-20)16-10-12-17(13-11-16)30-5-2/h6-13,15H,4-5,14H2,1-3H3/t15-/m0/s1. The number of hydrogen-bond acceptors (Lipinski definition) is 6. The van der Waals surface area contributed by atoms with E-state index < -0.39 is 0 Å². The quantitative estimate of drug-likeness (QED) is 0.453. The zero-order valence-electron chi connectivity index (χ0n) is 17.7. The summed E-state index contributed by atoms with van der Waals surface area (Å²) in [4.78, 5) is 30.6. The summed E-state index contributed by atoms with van der Waals surface area (Å²) >= 11 is 0. The summed E-state index contributed by atoms with van der Waals surface area (Å²) < 4.78 is 13.7. The van der Waals surface area contributed by atoms with Crippen LogP contribution in [0.15, 0.2) is 62.6 Å². The van der Waals surface area contributed by atoms with Crippen LogP contribution in [0.25, 0.3) is 22.3 Å². The lowest BCUT2D eigenvalue weighted by Gasteiger charge is -2.16. The second-order valence-corrected chi connectivity index (χ2v) is 7.29. The molecule has 0 aliphatic heterocycles. The summed E-state index contributed by atoms with van der Waals surface area (Å²) in [6, 6.07) is 14.2. The van der Waals surface area contributed by atoms with Crippen LogP contribution in [0.5, 0.6) is 5.75 Å². The number of benzene rings is 2. The molecule has 2 aromatic carbocycles. The van der Waals surface area contributed by atoms with E-state index in [-0.39, 0.29) is 29.7 Å². The summed E-state index contributed by atoms with van der Waals surface area (Å²) in [6.45, 7) is 6.39. The third-order valence-corrected chi connectivity index (χ3v) is 5.30. The summed E-state index contributed by atoms with van der Waals surface area (Å²) in [5.41, 5.74) is 0.642. The summed E-state index contributed by atoms with van der Waals surface area (Å²) in [5.74, 6) is 1.47. The van der Waals surface area contributed by atoms with Gasteiger partial charge in [0.1, 0.15) is 12.3 Å². The highest BCUT2D eigenvalue weighted by molar-refractivity contribution is 5.77. The SMILES string of the molecule is CCOc1ccc(-c2noc(Cn3c(=O)n([C@@H](C)CC)c(=O)c4ccccc43)n2)cc1. The second kappa shape index (κ2) is 8.59. The lowest BCUT2D eigenvalue weighted by molar-refractivity contribution is 0.340. The minimum atomic E-state index is -0.390. The van der Waals surface area contributed by atoms with Crippen molar-refractivity contribution >= 4 is 10.9 Å². The maximum absolute atomic E-state index is 13.2. The molecule has 0 radical (unpaired) electrons. The van der Waals surface area contributed by atoms with Crippen LogP contribution in [-0.4, -0.2) is 25.9 Å². The molecule has 2 aromatic heterocycles. The van der Waals surface area contributed by atoms with Crippen molar-refractivity contribution in [3.05, 3.63) is 75.3 Å². The fourth-order valence-corrected chi connectivity index (χ4v) is 3.50. The lowest BCUT2D eigenvalue weighted by atomic mass is 10.2. The summed E-state index contributed by atoms with van der Waals surface area (Å²) in [7, 11) is 0. The maximum Gasteiger partial charge on any atom is 0.332 e. The normalized spacial score (nSPS) is 12.2. The van der Waals surface area contributed by atoms with E-state index in [0.29, 0.717) is 29.8 Å². The Morgan fingerprint density at radius 3 is 2.52 bits per heavy atom. The van der Waals surface area contributed by atoms with Crippen LogP contribution < -0.4 is 16.0 Å². The third-order valence-electron chi connectivity index (χ3n) is 5.30. The molecule has 2 heterocycles. The number of hydrogen-bond donors (Lipinski definition) is 0. The van der Waals surface area contributed by atoms with Gasteiger partial charge in [-0.15, -0.1) is 0 Å². The molecule has 1 atom stereocenters. The molecule has 0 spiro atoms. The highest BCUT2D eigenvalue weighted by atomic mass is 16.5. The predicted octanol–water partition coefficient (Wildman–Crippen LogP) is 3.63. The molecular formula is C23H24N4O4. The zero-order valence-corrected chi connectivity index (χ0v) is 17.7. The largest absolute Gasteiger partial charge is 0.494 e. The average molecular weight is 420 g/mol.